The van der Waals surface area contributed by atoms with Crippen molar-refractivity contribution in [3.8, 4) is 11.1 Å². The van der Waals surface area contributed by atoms with Crippen LogP contribution in [0.2, 0.25) is 0 Å². The SMILES string of the molecule is FC(F)(F)c1ccc(-c2cncnc2)c(C(F)(F)F)c1. The van der Waals surface area contributed by atoms with Gasteiger partial charge in [-0.15, -0.1) is 0 Å². The zero-order chi connectivity index (χ0) is 15.0. The molecule has 0 atom stereocenters. The largest absolute Gasteiger partial charge is 0.417 e. The molecule has 0 amide bonds. The Morgan fingerprint density at radius 3 is 1.90 bits per heavy atom. The first-order chi connectivity index (χ1) is 9.19. The molecule has 1 heterocycles. The fourth-order valence-electron chi connectivity index (χ4n) is 1.65. The quantitative estimate of drug-likeness (QED) is 0.737. The molecule has 106 valence electrons. The molecule has 1 aromatic carbocycles. The molecule has 0 unspecified atom stereocenters. The molecule has 0 saturated heterocycles. The smallest absolute Gasteiger partial charge is 0.244 e. The van der Waals surface area contributed by atoms with Gasteiger partial charge in [-0.3, -0.25) is 0 Å². The molecule has 2 rings (SSSR count). The number of hydrogen-bond donors (Lipinski definition) is 0. The molecule has 8 heteroatoms. The minimum atomic E-state index is -4.91. The number of benzene rings is 1. The second kappa shape index (κ2) is 4.77. The fraction of sp³-hybridized carbons (Fsp3) is 0.167. The lowest BCUT2D eigenvalue weighted by Gasteiger charge is -2.15. The van der Waals surface area contributed by atoms with Gasteiger partial charge >= 0.3 is 12.4 Å². The van der Waals surface area contributed by atoms with E-state index in [1.54, 1.807) is 0 Å². The second-order valence-corrected chi connectivity index (χ2v) is 3.88. The third kappa shape index (κ3) is 2.89. The van der Waals surface area contributed by atoms with Crippen LogP contribution < -0.4 is 0 Å². The van der Waals surface area contributed by atoms with E-state index in [4.69, 9.17) is 0 Å². The first-order valence-electron chi connectivity index (χ1n) is 5.23. The average Bonchev–Trinajstić information content (AvgIpc) is 2.37. The van der Waals surface area contributed by atoms with E-state index >= 15 is 0 Å². The number of halogens is 6. The summed E-state index contributed by atoms with van der Waals surface area (Å²) in [6, 6.07) is 1.45. The Balaban J connectivity index is 2.65. The van der Waals surface area contributed by atoms with E-state index in [9.17, 15) is 26.3 Å². The standard InChI is InChI=1S/C12H6F6N2/c13-11(14,15)8-1-2-9(7-4-19-6-20-5-7)10(3-8)12(16,17)18/h1-6H. The fourth-order valence-corrected chi connectivity index (χ4v) is 1.65. The molecule has 0 fully saturated rings. The zero-order valence-corrected chi connectivity index (χ0v) is 9.63. The van der Waals surface area contributed by atoms with Crippen molar-refractivity contribution in [3.05, 3.63) is 48.0 Å². The van der Waals surface area contributed by atoms with Crippen LogP contribution in [0.15, 0.2) is 36.9 Å². The van der Waals surface area contributed by atoms with Crippen molar-refractivity contribution in [1.82, 2.24) is 9.97 Å². The maximum absolute atomic E-state index is 12.9. The predicted molar refractivity (Wildman–Crippen MR) is 57.5 cm³/mol. The van der Waals surface area contributed by atoms with Crippen LogP contribution in [-0.2, 0) is 12.4 Å². The molecule has 2 aromatic rings. The van der Waals surface area contributed by atoms with Gasteiger partial charge in [-0.1, -0.05) is 6.07 Å². The number of rotatable bonds is 1. The summed E-state index contributed by atoms with van der Waals surface area (Å²) in [5, 5.41) is 0. The molecule has 1 aromatic heterocycles. The molecule has 0 spiro atoms. The molecular formula is C12H6F6N2. The monoisotopic (exact) mass is 292 g/mol. The summed E-state index contributed by atoms with van der Waals surface area (Å²) in [4.78, 5) is 7.11. The van der Waals surface area contributed by atoms with Crippen molar-refractivity contribution in [3.63, 3.8) is 0 Å². The lowest BCUT2D eigenvalue weighted by molar-refractivity contribution is -0.142. The molecule has 0 aliphatic rings. The van der Waals surface area contributed by atoms with Gasteiger partial charge in [-0.2, -0.15) is 26.3 Å². The van der Waals surface area contributed by atoms with Gasteiger partial charge in [0.2, 0.25) is 0 Å². The first kappa shape index (κ1) is 14.3. The third-order valence-corrected chi connectivity index (χ3v) is 2.52. The van der Waals surface area contributed by atoms with Crippen molar-refractivity contribution < 1.29 is 26.3 Å². The van der Waals surface area contributed by atoms with Gasteiger partial charge in [-0.05, 0) is 17.7 Å². The summed E-state index contributed by atoms with van der Waals surface area (Å²) >= 11 is 0. The highest BCUT2D eigenvalue weighted by molar-refractivity contribution is 5.67. The lowest BCUT2D eigenvalue weighted by atomic mass is 9.99. The Morgan fingerprint density at radius 2 is 1.40 bits per heavy atom. The molecule has 0 bridgehead atoms. The molecule has 0 aliphatic heterocycles. The summed E-state index contributed by atoms with van der Waals surface area (Å²) in [6.45, 7) is 0. The zero-order valence-electron chi connectivity index (χ0n) is 9.63. The van der Waals surface area contributed by atoms with Crippen LogP contribution in [0.1, 0.15) is 11.1 Å². The van der Waals surface area contributed by atoms with Crippen LogP contribution in [0, 0.1) is 0 Å². The van der Waals surface area contributed by atoms with Crippen LogP contribution in [0.5, 0.6) is 0 Å². The molecular weight excluding hydrogens is 286 g/mol. The van der Waals surface area contributed by atoms with Crippen molar-refractivity contribution >= 4 is 0 Å². The minimum Gasteiger partial charge on any atom is -0.244 e. The van der Waals surface area contributed by atoms with Gasteiger partial charge in [0.25, 0.3) is 0 Å². The van der Waals surface area contributed by atoms with Crippen molar-refractivity contribution in [1.29, 1.82) is 0 Å². The van der Waals surface area contributed by atoms with Crippen molar-refractivity contribution in [2.45, 2.75) is 12.4 Å². The number of nitrogens with zero attached hydrogens (tertiary/aromatic N) is 2. The van der Waals surface area contributed by atoms with Crippen LogP contribution in [0.4, 0.5) is 26.3 Å². The molecule has 0 aliphatic carbocycles. The van der Waals surface area contributed by atoms with E-state index < -0.39 is 29.0 Å². The summed E-state index contributed by atoms with van der Waals surface area (Å²) < 4.78 is 76.2. The maximum atomic E-state index is 12.9. The molecule has 2 nitrogen and oxygen atoms in total. The maximum Gasteiger partial charge on any atom is 0.417 e. The van der Waals surface area contributed by atoms with Gasteiger partial charge in [-0.25, -0.2) is 9.97 Å². The minimum absolute atomic E-state index is 0.00597. The highest BCUT2D eigenvalue weighted by atomic mass is 19.4. The van der Waals surface area contributed by atoms with Crippen LogP contribution in [0.25, 0.3) is 11.1 Å². The third-order valence-electron chi connectivity index (χ3n) is 2.52. The van der Waals surface area contributed by atoms with Crippen molar-refractivity contribution in [2.24, 2.45) is 0 Å². The molecule has 0 saturated carbocycles. The number of alkyl halides is 6. The van der Waals surface area contributed by atoms with Gasteiger partial charge in [0, 0.05) is 18.0 Å². The summed E-state index contributed by atoms with van der Waals surface area (Å²) in [5.74, 6) is 0. The van der Waals surface area contributed by atoms with Crippen LogP contribution >= 0.6 is 0 Å². The highest BCUT2D eigenvalue weighted by Crippen LogP contribution is 2.40. The average molecular weight is 292 g/mol. The summed E-state index contributed by atoms with van der Waals surface area (Å²) in [7, 11) is 0. The van der Waals surface area contributed by atoms with E-state index in [2.05, 4.69) is 9.97 Å². The Bertz CT molecular complexity index is 604. The van der Waals surface area contributed by atoms with E-state index in [0.717, 1.165) is 24.8 Å². The molecule has 0 radical (unpaired) electrons. The molecule has 0 N–H and O–H groups in total. The second-order valence-electron chi connectivity index (χ2n) is 3.88. The molecule has 20 heavy (non-hydrogen) atoms. The van der Waals surface area contributed by atoms with E-state index in [1.165, 1.54) is 0 Å². The van der Waals surface area contributed by atoms with Crippen LogP contribution in [-0.4, -0.2) is 9.97 Å². The van der Waals surface area contributed by atoms with Crippen molar-refractivity contribution in [2.75, 3.05) is 0 Å². The van der Waals surface area contributed by atoms with Gasteiger partial charge in [0.15, 0.2) is 0 Å². The number of aromatic nitrogens is 2. The van der Waals surface area contributed by atoms with E-state index in [-0.39, 0.29) is 11.6 Å². The van der Waals surface area contributed by atoms with Gasteiger partial charge in [0.05, 0.1) is 11.1 Å². The van der Waals surface area contributed by atoms with Gasteiger partial charge in [0.1, 0.15) is 6.33 Å². The Kier molecular flexibility index (Phi) is 3.41. The van der Waals surface area contributed by atoms with E-state index in [0.29, 0.717) is 6.07 Å². The normalized spacial score (nSPS) is 12.5. The summed E-state index contributed by atoms with van der Waals surface area (Å²) in [5.41, 5.74) is -3.13. The van der Waals surface area contributed by atoms with Crippen LogP contribution in [0.3, 0.4) is 0 Å². The lowest BCUT2D eigenvalue weighted by Crippen LogP contribution is -2.12. The predicted octanol–water partition coefficient (Wildman–Crippen LogP) is 4.18. The highest BCUT2D eigenvalue weighted by Gasteiger charge is 2.38. The Hall–Kier alpha value is -2.12. The Labute approximate surface area is 109 Å². The summed E-state index contributed by atoms with van der Waals surface area (Å²) in [6.07, 6.45) is -6.44. The first-order valence-corrected chi connectivity index (χ1v) is 5.23. The Morgan fingerprint density at radius 1 is 0.800 bits per heavy atom. The van der Waals surface area contributed by atoms with E-state index in [1.807, 2.05) is 0 Å². The number of hydrogen-bond acceptors (Lipinski definition) is 2. The topological polar surface area (TPSA) is 25.8 Å². The van der Waals surface area contributed by atoms with Gasteiger partial charge < -0.3 is 0 Å².